The molecule has 8 rings (SSSR count). The third-order valence-electron chi connectivity index (χ3n) is 10.7. The molecule has 0 bridgehead atoms. The minimum atomic E-state index is -4.97. The maximum atomic E-state index is 13.3. The third kappa shape index (κ3) is 11.3. The molecule has 0 saturated heterocycles. The van der Waals surface area contributed by atoms with E-state index >= 15 is 0 Å². The Morgan fingerprint density at radius 3 is 2.32 bits per heavy atom. The normalized spacial score (nSPS) is 13.5. The number of thioether (sulfide) groups is 1. The lowest BCUT2D eigenvalue weighted by atomic mass is 9.99. The van der Waals surface area contributed by atoms with Crippen LogP contribution in [-0.4, -0.2) is 104 Å². The number of fused-ring (bicyclic) bond motifs is 6. The molecule has 4 aromatic heterocycles. The zero-order valence-electron chi connectivity index (χ0n) is 36.9. The molecule has 1 atom stereocenters. The van der Waals surface area contributed by atoms with Crippen molar-refractivity contribution in [3.63, 3.8) is 0 Å². The number of carbonyl (C=O) groups is 3. The predicted octanol–water partition coefficient (Wildman–Crippen LogP) is 7.27. The van der Waals surface area contributed by atoms with Crippen LogP contribution in [0.15, 0.2) is 89.0 Å². The molecule has 354 valence electrons. The van der Waals surface area contributed by atoms with E-state index in [1.807, 2.05) is 60.0 Å². The summed E-state index contributed by atoms with van der Waals surface area (Å²) < 4.78 is 57.7. The molecule has 1 aliphatic heterocycles. The number of ether oxygens (including phenoxy) is 3. The van der Waals surface area contributed by atoms with Crippen LogP contribution in [0.2, 0.25) is 5.02 Å². The molecule has 3 amide bonds. The van der Waals surface area contributed by atoms with Gasteiger partial charge >= 0.3 is 6.36 Å². The average Bonchev–Trinajstić information content (AvgIpc) is 3.98. The van der Waals surface area contributed by atoms with Gasteiger partial charge in [-0.05, 0) is 62.7 Å². The fourth-order valence-corrected chi connectivity index (χ4v) is 9.55. The van der Waals surface area contributed by atoms with Crippen LogP contribution in [0.4, 0.5) is 13.2 Å². The average molecular weight is 990 g/mol. The summed E-state index contributed by atoms with van der Waals surface area (Å²) in [5, 5.41) is 24.5. The molecule has 68 heavy (non-hydrogen) atoms. The number of nitrogens with zero attached hydrogens (tertiary/aromatic N) is 7. The van der Waals surface area contributed by atoms with Gasteiger partial charge in [0.15, 0.2) is 11.0 Å². The number of aromatic nitrogens is 6. The second kappa shape index (κ2) is 21.3. The number of hydrogen-bond acceptors (Lipinski definition) is 13. The van der Waals surface area contributed by atoms with Crippen LogP contribution >= 0.6 is 34.7 Å². The van der Waals surface area contributed by atoms with Gasteiger partial charge < -0.3 is 30.2 Å². The number of rotatable bonds is 19. The Morgan fingerprint density at radius 2 is 1.57 bits per heavy atom. The van der Waals surface area contributed by atoms with Gasteiger partial charge in [-0.1, -0.05) is 65.8 Å². The van der Waals surface area contributed by atoms with Crippen molar-refractivity contribution in [2.45, 2.75) is 51.3 Å². The number of alkyl halides is 3. The van der Waals surface area contributed by atoms with Gasteiger partial charge in [-0.25, -0.2) is 9.50 Å². The summed E-state index contributed by atoms with van der Waals surface area (Å²) in [7, 11) is 0. The highest BCUT2D eigenvalue weighted by atomic mass is 35.5. The summed E-state index contributed by atoms with van der Waals surface area (Å²) in [5.41, 5.74) is 5.21. The van der Waals surface area contributed by atoms with Gasteiger partial charge in [0.05, 0.1) is 73.1 Å². The Morgan fingerprint density at radius 1 is 0.868 bits per heavy atom. The molecule has 0 unspecified atom stereocenters. The SMILES string of the molecule is Cc1sc2c(c1C)C(c1ccc(Cl)cc1)=N[C@@H](CC(=O)NCCOCCOCCNC(=O)CSc1nc3ccccc3c3cc(CNC(=O)c4ccccc4OC(F)(F)F)nn13)c1nnc(C)n1-2. The molecule has 16 nitrogen and oxygen atoms in total. The maximum Gasteiger partial charge on any atom is 0.573 e. The second-order valence-corrected chi connectivity index (χ2v) is 18.0. The minimum absolute atomic E-state index is 0.0162. The minimum Gasteiger partial charge on any atom is -0.405 e. The van der Waals surface area contributed by atoms with Crippen molar-refractivity contribution in [2.24, 2.45) is 4.99 Å². The van der Waals surface area contributed by atoms with E-state index in [1.165, 1.54) is 18.2 Å². The number of thiophene rings is 1. The smallest absolute Gasteiger partial charge is 0.405 e. The zero-order chi connectivity index (χ0) is 48.0. The van der Waals surface area contributed by atoms with Gasteiger partial charge in [-0.15, -0.1) is 34.7 Å². The maximum absolute atomic E-state index is 13.3. The standard InChI is InChI=1S/C46H44ClF3N10O6S2/c1-26-27(2)68-44-40(26)41(29-12-14-30(47)15-13-29)54-35(42-57-56-28(3)59(42)44)23-38(61)51-16-18-64-20-21-65-19-17-52-39(62)25-67-45-55-34-10-6-4-8-32(34)36-22-31(58-60(36)45)24-53-43(63)33-9-5-7-11-37(33)66-46(48,49)50/h4-15,22,35H,16-21,23-25H2,1-3H3,(H,51,61)(H,52,62)(H,53,63)/t35-/m0/s1. The van der Waals surface area contributed by atoms with Crippen LogP contribution in [-0.2, 0) is 25.6 Å². The third-order valence-corrected chi connectivity index (χ3v) is 13.1. The molecule has 1 aliphatic rings. The molecular formula is C46H44ClF3N10O6S2. The van der Waals surface area contributed by atoms with Crippen LogP contribution in [0.25, 0.3) is 21.4 Å². The first-order valence-corrected chi connectivity index (χ1v) is 23.5. The van der Waals surface area contributed by atoms with Crippen LogP contribution in [0.3, 0.4) is 0 Å². The Balaban J connectivity index is 0.762. The van der Waals surface area contributed by atoms with Crippen molar-refractivity contribution in [1.29, 1.82) is 0 Å². The van der Waals surface area contributed by atoms with Gasteiger partial charge in [0.2, 0.25) is 11.8 Å². The van der Waals surface area contributed by atoms with Gasteiger partial charge in [0.25, 0.3) is 5.91 Å². The van der Waals surface area contributed by atoms with Gasteiger partial charge in [0, 0.05) is 39.5 Å². The van der Waals surface area contributed by atoms with E-state index in [1.54, 1.807) is 21.9 Å². The Kier molecular flexibility index (Phi) is 15.0. The number of aryl methyl sites for hydroxylation is 2. The predicted molar refractivity (Wildman–Crippen MR) is 251 cm³/mol. The number of nitrogens with one attached hydrogen (secondary N) is 3. The molecule has 0 spiro atoms. The highest BCUT2D eigenvalue weighted by molar-refractivity contribution is 7.99. The fraction of sp³-hybridized carbons (Fsp3) is 0.304. The quantitative estimate of drug-likeness (QED) is 0.0420. The number of carbonyl (C=O) groups excluding carboxylic acids is 3. The molecule has 0 fully saturated rings. The van der Waals surface area contributed by atoms with Gasteiger partial charge in [0.1, 0.15) is 22.6 Å². The van der Waals surface area contributed by atoms with Crippen molar-refractivity contribution >= 4 is 74.6 Å². The number of benzene rings is 3. The van der Waals surface area contributed by atoms with E-state index in [0.717, 1.165) is 55.5 Å². The van der Waals surface area contributed by atoms with Gasteiger partial charge in [-0.2, -0.15) is 5.10 Å². The largest absolute Gasteiger partial charge is 0.573 e. The summed E-state index contributed by atoms with van der Waals surface area (Å²) in [6, 6.07) is 21.1. The highest BCUT2D eigenvalue weighted by Crippen LogP contribution is 2.40. The van der Waals surface area contributed by atoms with Crippen LogP contribution in [0.5, 0.6) is 5.75 Å². The Hall–Kier alpha value is -6.39. The first kappa shape index (κ1) is 48.1. The van der Waals surface area contributed by atoms with Crippen LogP contribution in [0, 0.1) is 20.8 Å². The van der Waals surface area contributed by atoms with Crippen molar-refractivity contribution in [1.82, 2.24) is 45.3 Å². The van der Waals surface area contributed by atoms with E-state index in [2.05, 4.69) is 49.8 Å². The van der Waals surface area contributed by atoms with Crippen molar-refractivity contribution in [2.75, 3.05) is 45.3 Å². The number of aliphatic imine (C=N–C) groups is 1. The van der Waals surface area contributed by atoms with Crippen molar-refractivity contribution < 1.29 is 41.8 Å². The number of para-hydroxylation sites is 2. The monoisotopic (exact) mass is 988 g/mol. The Bertz CT molecular complexity index is 3010. The molecule has 0 aliphatic carbocycles. The van der Waals surface area contributed by atoms with Crippen LogP contribution < -0.4 is 20.7 Å². The molecule has 7 aromatic rings. The van der Waals surface area contributed by atoms with Crippen molar-refractivity contribution in [3.8, 4) is 10.8 Å². The van der Waals surface area contributed by atoms with E-state index in [-0.39, 0.29) is 75.6 Å². The van der Waals surface area contributed by atoms with E-state index in [0.29, 0.717) is 38.6 Å². The number of hydrogen-bond donors (Lipinski definition) is 3. The zero-order valence-corrected chi connectivity index (χ0v) is 39.2. The summed E-state index contributed by atoms with van der Waals surface area (Å²) in [6.45, 7) is 7.52. The topological polar surface area (TPSA) is 188 Å². The summed E-state index contributed by atoms with van der Waals surface area (Å²) in [6.07, 6.45) is -4.91. The first-order chi connectivity index (χ1) is 32.7. The van der Waals surface area contributed by atoms with E-state index < -0.39 is 24.1 Å². The van der Waals surface area contributed by atoms with E-state index in [4.69, 9.17) is 31.1 Å². The molecule has 0 saturated carbocycles. The molecular weight excluding hydrogens is 945 g/mol. The summed E-state index contributed by atoms with van der Waals surface area (Å²) in [5.74, 6) is -0.553. The lowest BCUT2D eigenvalue weighted by Gasteiger charge is -2.13. The fourth-order valence-electron chi connectivity index (χ4n) is 7.43. The Labute approximate surface area is 400 Å². The number of amides is 3. The van der Waals surface area contributed by atoms with Crippen LogP contribution in [0.1, 0.15) is 61.7 Å². The molecule has 3 aromatic carbocycles. The lowest BCUT2D eigenvalue weighted by molar-refractivity contribution is -0.274. The molecule has 22 heteroatoms. The molecule has 0 radical (unpaired) electrons. The number of halogens is 4. The molecule has 3 N–H and O–H groups in total. The van der Waals surface area contributed by atoms with Crippen molar-refractivity contribution in [3.05, 3.63) is 128 Å². The van der Waals surface area contributed by atoms with Gasteiger partial charge in [-0.3, -0.25) is 23.9 Å². The second-order valence-electron chi connectivity index (χ2n) is 15.4. The highest BCUT2D eigenvalue weighted by Gasteiger charge is 2.34. The lowest BCUT2D eigenvalue weighted by Crippen LogP contribution is -2.30. The summed E-state index contributed by atoms with van der Waals surface area (Å²) >= 11 is 9.03. The van der Waals surface area contributed by atoms with E-state index in [9.17, 15) is 27.6 Å². The summed E-state index contributed by atoms with van der Waals surface area (Å²) in [4.78, 5) is 50.0. The molecule has 5 heterocycles. The first-order valence-electron chi connectivity index (χ1n) is 21.3.